The number of thiazole rings is 1. The van der Waals surface area contributed by atoms with Gasteiger partial charge in [0.25, 0.3) is 0 Å². The number of rotatable bonds is 12. The molecular formula is C33H42N4O6S. The number of aliphatic hydroxyl groups is 1. The van der Waals surface area contributed by atoms with Crippen LogP contribution in [0.25, 0.3) is 0 Å². The number of benzene rings is 2. The van der Waals surface area contributed by atoms with Crippen molar-refractivity contribution in [2.75, 3.05) is 6.54 Å². The van der Waals surface area contributed by atoms with Gasteiger partial charge in [0.15, 0.2) is 0 Å². The highest BCUT2D eigenvalue weighted by atomic mass is 32.1. The molecule has 1 saturated heterocycles. The van der Waals surface area contributed by atoms with Crippen LogP contribution in [0.5, 0.6) is 0 Å². The number of alkyl carbamates (subject to hydrolysis) is 1. The summed E-state index contributed by atoms with van der Waals surface area (Å²) in [6, 6.07) is 18.3. The van der Waals surface area contributed by atoms with Crippen LogP contribution in [-0.2, 0) is 33.7 Å². The maximum absolute atomic E-state index is 13.6. The number of nitrogens with zero attached hydrogens (tertiary/aromatic N) is 2. The zero-order valence-electron chi connectivity index (χ0n) is 25.5. The Labute approximate surface area is 262 Å². The molecule has 0 bridgehead atoms. The monoisotopic (exact) mass is 622 g/mol. The first-order valence-corrected chi connectivity index (χ1v) is 15.8. The number of ether oxygens (including phenoxy) is 2. The van der Waals surface area contributed by atoms with Gasteiger partial charge < -0.3 is 25.2 Å². The number of aliphatic hydroxyl groups excluding tert-OH is 1. The van der Waals surface area contributed by atoms with Crippen LogP contribution >= 0.6 is 11.3 Å². The van der Waals surface area contributed by atoms with Crippen LogP contribution in [0.4, 0.5) is 9.59 Å². The van der Waals surface area contributed by atoms with Crippen molar-refractivity contribution in [1.29, 1.82) is 0 Å². The van der Waals surface area contributed by atoms with E-state index in [1.165, 1.54) is 16.2 Å². The van der Waals surface area contributed by atoms with Crippen molar-refractivity contribution in [3.05, 3.63) is 88.4 Å². The number of likely N-dealkylation sites (tertiary alicyclic amines) is 1. The van der Waals surface area contributed by atoms with Crippen molar-refractivity contribution in [3.8, 4) is 0 Å². The Morgan fingerprint density at radius 1 is 0.977 bits per heavy atom. The van der Waals surface area contributed by atoms with Gasteiger partial charge in [-0.15, -0.1) is 11.3 Å². The molecule has 0 saturated carbocycles. The predicted molar refractivity (Wildman–Crippen MR) is 168 cm³/mol. The van der Waals surface area contributed by atoms with Crippen LogP contribution in [-0.4, -0.2) is 69.5 Å². The van der Waals surface area contributed by atoms with E-state index in [1.54, 1.807) is 32.5 Å². The van der Waals surface area contributed by atoms with Crippen LogP contribution in [0.3, 0.4) is 0 Å². The number of nitrogens with one attached hydrogen (secondary N) is 2. The second-order valence-corrected chi connectivity index (χ2v) is 13.1. The van der Waals surface area contributed by atoms with E-state index in [9.17, 15) is 19.5 Å². The highest BCUT2D eigenvalue weighted by molar-refractivity contribution is 7.09. The summed E-state index contributed by atoms with van der Waals surface area (Å²) in [6.07, 6.45) is 2.10. The number of carbonyl (C=O) groups is 3. The molecule has 2 aromatic carbocycles. The molecule has 11 heteroatoms. The van der Waals surface area contributed by atoms with E-state index >= 15 is 0 Å². The topological polar surface area (TPSA) is 130 Å². The first-order valence-electron chi connectivity index (χ1n) is 14.9. The lowest BCUT2D eigenvalue weighted by molar-refractivity contribution is -0.126. The van der Waals surface area contributed by atoms with Crippen molar-refractivity contribution < 1.29 is 29.0 Å². The van der Waals surface area contributed by atoms with E-state index in [4.69, 9.17) is 9.47 Å². The number of hydrogen-bond acceptors (Lipinski definition) is 8. The van der Waals surface area contributed by atoms with Gasteiger partial charge >= 0.3 is 12.2 Å². The minimum absolute atomic E-state index is 0.0308. The van der Waals surface area contributed by atoms with Gasteiger partial charge in [0.05, 0.1) is 23.0 Å². The third-order valence-electron chi connectivity index (χ3n) is 7.22. The summed E-state index contributed by atoms with van der Waals surface area (Å²) >= 11 is 1.42. The largest absolute Gasteiger partial charge is 0.444 e. The molecule has 2 heterocycles. The maximum atomic E-state index is 13.6. The molecule has 44 heavy (non-hydrogen) atoms. The van der Waals surface area contributed by atoms with E-state index in [-0.39, 0.29) is 37.6 Å². The lowest BCUT2D eigenvalue weighted by Crippen LogP contribution is -2.50. The quantitative estimate of drug-likeness (QED) is 0.263. The Bertz CT molecular complexity index is 1330. The molecule has 3 amide bonds. The number of hydrogen-bond donors (Lipinski definition) is 3. The van der Waals surface area contributed by atoms with Crippen LogP contribution < -0.4 is 10.6 Å². The molecule has 1 aromatic heterocycles. The third kappa shape index (κ3) is 10.6. The predicted octanol–water partition coefficient (Wildman–Crippen LogP) is 4.86. The van der Waals surface area contributed by atoms with Gasteiger partial charge in [0.2, 0.25) is 5.91 Å². The first-order chi connectivity index (χ1) is 21.1. The normalized spacial score (nSPS) is 17.9. The fourth-order valence-electron chi connectivity index (χ4n) is 5.19. The summed E-state index contributed by atoms with van der Waals surface area (Å²) in [4.78, 5) is 45.4. The Hall–Kier alpha value is -3.96. The van der Waals surface area contributed by atoms with Crippen molar-refractivity contribution in [1.82, 2.24) is 20.5 Å². The van der Waals surface area contributed by atoms with Crippen molar-refractivity contribution in [3.63, 3.8) is 0 Å². The summed E-state index contributed by atoms with van der Waals surface area (Å²) in [7, 11) is 0. The van der Waals surface area contributed by atoms with Gasteiger partial charge in [-0.2, -0.15) is 0 Å². The molecule has 0 aliphatic carbocycles. The zero-order chi connectivity index (χ0) is 31.5. The van der Waals surface area contributed by atoms with E-state index in [0.717, 1.165) is 16.0 Å². The van der Waals surface area contributed by atoms with Gasteiger partial charge in [-0.25, -0.2) is 9.59 Å². The molecule has 0 unspecified atom stereocenters. The van der Waals surface area contributed by atoms with Gasteiger partial charge in [-0.1, -0.05) is 60.7 Å². The lowest BCUT2D eigenvalue weighted by Gasteiger charge is -2.29. The summed E-state index contributed by atoms with van der Waals surface area (Å²) in [6.45, 7) is 5.46. The summed E-state index contributed by atoms with van der Waals surface area (Å²) in [5.74, 6) is -0.343. The molecule has 4 atom stereocenters. The van der Waals surface area contributed by atoms with Gasteiger partial charge in [0, 0.05) is 24.7 Å². The molecule has 0 spiro atoms. The third-order valence-corrected chi connectivity index (χ3v) is 7.97. The van der Waals surface area contributed by atoms with Crippen LogP contribution in [0, 0.1) is 0 Å². The zero-order valence-corrected chi connectivity index (χ0v) is 26.3. The maximum Gasteiger partial charge on any atom is 0.411 e. The van der Waals surface area contributed by atoms with Crippen molar-refractivity contribution in [2.24, 2.45) is 0 Å². The Kier molecular flexibility index (Phi) is 11.7. The molecule has 3 aromatic rings. The van der Waals surface area contributed by atoms with E-state index in [2.05, 4.69) is 15.6 Å². The average Bonchev–Trinajstić information content (AvgIpc) is 3.65. The lowest BCUT2D eigenvalue weighted by atomic mass is 9.95. The number of amides is 3. The summed E-state index contributed by atoms with van der Waals surface area (Å²) in [5, 5.41) is 16.5. The summed E-state index contributed by atoms with van der Waals surface area (Å²) < 4.78 is 11.0. The highest BCUT2D eigenvalue weighted by Crippen LogP contribution is 2.23. The van der Waals surface area contributed by atoms with E-state index < -0.39 is 29.9 Å². The number of carbonyl (C=O) groups excluding carboxylic acids is 3. The van der Waals surface area contributed by atoms with Crippen LogP contribution in [0.15, 0.2) is 72.4 Å². The second-order valence-electron chi connectivity index (χ2n) is 12.1. The number of β-amino-alcohol motifs (C(OH)–C–C–N with tert-alkyl or cyclic N) is 1. The van der Waals surface area contributed by atoms with Gasteiger partial charge in [-0.05, 0) is 57.6 Å². The number of aromatic nitrogens is 1. The van der Waals surface area contributed by atoms with Gasteiger partial charge in [0.1, 0.15) is 18.2 Å². The van der Waals surface area contributed by atoms with Crippen molar-refractivity contribution in [2.45, 2.75) is 89.3 Å². The molecule has 236 valence electrons. The van der Waals surface area contributed by atoms with Crippen LogP contribution in [0.1, 0.15) is 56.0 Å². The smallest absolute Gasteiger partial charge is 0.411 e. The molecule has 0 radical (unpaired) electrons. The van der Waals surface area contributed by atoms with Gasteiger partial charge in [-0.3, -0.25) is 14.7 Å². The Morgan fingerprint density at radius 2 is 1.57 bits per heavy atom. The highest BCUT2D eigenvalue weighted by Gasteiger charge is 2.41. The minimum Gasteiger partial charge on any atom is -0.444 e. The second kappa shape index (κ2) is 15.7. The van der Waals surface area contributed by atoms with Crippen LogP contribution in [0.2, 0.25) is 0 Å². The molecule has 10 nitrogen and oxygen atoms in total. The molecule has 4 rings (SSSR count). The molecule has 1 aliphatic rings. The fourth-order valence-corrected chi connectivity index (χ4v) is 5.70. The van der Waals surface area contributed by atoms with E-state index in [0.29, 0.717) is 25.7 Å². The summed E-state index contributed by atoms with van der Waals surface area (Å²) in [5.41, 5.74) is 3.07. The first kappa shape index (κ1) is 32.9. The Morgan fingerprint density at radius 3 is 2.11 bits per heavy atom. The minimum atomic E-state index is -0.849. The van der Waals surface area contributed by atoms with E-state index in [1.807, 2.05) is 60.7 Å². The average molecular weight is 623 g/mol. The Balaban J connectivity index is 1.45. The molecule has 1 aliphatic heterocycles. The molecule has 3 N–H and O–H groups in total. The standard InChI is InChI=1S/C33H42N4O6S/c1-33(2,3)43-32(41)37-20-27(38)18-29(37)30(39)35-25(16-23-10-6-4-7-11-23)14-15-26(17-24-12-8-5-9-13-24)36-31(40)42-21-28-19-34-22-44-28/h4-13,19,22,25-27,29,38H,14-18,20-21H2,1-3H3,(H,35,39)(H,36,40)/t25-,26-,27-,29+/m1/s1. The molecular weight excluding hydrogens is 580 g/mol. The van der Waals surface area contributed by atoms with Crippen molar-refractivity contribution >= 4 is 29.4 Å². The SMILES string of the molecule is CC(C)(C)OC(=O)N1C[C@H](O)C[C@H]1C(=O)N[C@H](CC[C@H](Cc1ccccc1)NC(=O)OCc1cncs1)Cc1ccccc1. The molecule has 1 fully saturated rings. The fraction of sp³-hybridized carbons (Fsp3) is 0.455.